The minimum atomic E-state index is -0.838. The molecule has 3 aromatic rings. The topological polar surface area (TPSA) is 67.2 Å². The molecule has 0 bridgehead atoms. The van der Waals surface area contributed by atoms with Crippen molar-refractivity contribution >= 4 is 44.6 Å². The minimum Gasteiger partial charge on any atom is -0.339 e. The first-order valence-electron chi connectivity index (χ1n) is 11.9. The molecule has 0 saturated heterocycles. The van der Waals surface area contributed by atoms with Crippen molar-refractivity contribution in [3.05, 3.63) is 82.3 Å². The van der Waals surface area contributed by atoms with Gasteiger partial charge in [0, 0.05) is 30.1 Å². The molecule has 0 aliphatic carbocycles. The number of hydrogen-bond donors (Lipinski definition) is 1. The molecule has 36 heavy (non-hydrogen) atoms. The van der Waals surface area contributed by atoms with E-state index in [9.17, 15) is 14.0 Å². The second-order valence-corrected chi connectivity index (χ2v) is 8.89. The summed E-state index contributed by atoms with van der Waals surface area (Å²) in [5.74, 6) is -0.538. The smallest absolute Gasteiger partial charge is 0.251 e. The Balaban J connectivity index is 0.00000228. The van der Waals surface area contributed by atoms with Crippen molar-refractivity contribution < 1.29 is 14.0 Å². The van der Waals surface area contributed by atoms with E-state index in [4.69, 9.17) is 5.10 Å². The van der Waals surface area contributed by atoms with Gasteiger partial charge in [-0.1, -0.05) is 43.7 Å². The molecule has 9 heteroatoms. The van der Waals surface area contributed by atoms with Gasteiger partial charge in [0.15, 0.2) is 0 Å². The van der Waals surface area contributed by atoms with Crippen molar-refractivity contribution in [2.75, 3.05) is 11.4 Å². The fourth-order valence-corrected chi connectivity index (χ4v) is 4.81. The van der Waals surface area contributed by atoms with E-state index in [1.807, 2.05) is 37.6 Å². The highest BCUT2D eigenvalue weighted by atomic mass is 32.1. The van der Waals surface area contributed by atoms with Crippen molar-refractivity contribution in [2.24, 2.45) is 0 Å². The molecule has 2 heterocycles. The molecule has 194 valence electrons. The second-order valence-electron chi connectivity index (χ2n) is 8.89. The van der Waals surface area contributed by atoms with E-state index in [0.717, 1.165) is 41.0 Å². The van der Waals surface area contributed by atoms with Gasteiger partial charge >= 0.3 is 0 Å². The van der Waals surface area contributed by atoms with Crippen LogP contribution in [0, 0.1) is 19.7 Å². The lowest BCUT2D eigenvalue weighted by molar-refractivity contribution is -0.121. The highest BCUT2D eigenvalue weighted by molar-refractivity contribution is 7.59. The maximum Gasteiger partial charge on any atom is 0.251 e. The van der Waals surface area contributed by atoms with Crippen molar-refractivity contribution in [1.29, 1.82) is 0 Å². The number of hydrogen-bond acceptors (Lipinski definition) is 3. The number of halogens is 1. The van der Waals surface area contributed by atoms with E-state index >= 15 is 0 Å². The summed E-state index contributed by atoms with van der Waals surface area (Å²) in [6.07, 6.45) is 1.64. The summed E-state index contributed by atoms with van der Waals surface area (Å²) in [6, 6.07) is 12.6. The number of fused-ring (bicyclic) bond motifs is 1. The Kier molecular flexibility index (Phi) is 10.2. The Hall–Kier alpha value is -2.78. The molecule has 0 fully saturated rings. The monoisotopic (exact) mass is 530 g/mol. The number of aromatic nitrogens is 2. The molecular formula is C27H35FN4O2S2. The number of aryl methyl sites for hydroxylation is 3. The van der Waals surface area contributed by atoms with Crippen LogP contribution < -0.4 is 10.2 Å². The normalized spacial score (nSPS) is 16.6. The Morgan fingerprint density at radius 2 is 1.69 bits per heavy atom. The molecule has 0 unspecified atom stereocenters. The van der Waals surface area contributed by atoms with E-state index in [2.05, 4.69) is 12.2 Å². The van der Waals surface area contributed by atoms with Crippen molar-refractivity contribution in [2.45, 2.75) is 59.0 Å². The van der Waals surface area contributed by atoms with Gasteiger partial charge in [-0.15, -0.1) is 0 Å². The molecule has 0 saturated carbocycles. The van der Waals surface area contributed by atoms with Gasteiger partial charge in [-0.2, -0.15) is 32.1 Å². The third-order valence-electron chi connectivity index (χ3n) is 6.26. The summed E-state index contributed by atoms with van der Waals surface area (Å²) < 4.78 is 15.7. The van der Waals surface area contributed by atoms with E-state index in [-0.39, 0.29) is 44.6 Å². The predicted octanol–water partition coefficient (Wildman–Crippen LogP) is 4.96. The summed E-state index contributed by atoms with van der Waals surface area (Å²) in [5, 5.41) is 7.77. The fourth-order valence-electron chi connectivity index (χ4n) is 4.81. The number of amides is 2. The third kappa shape index (κ3) is 5.62. The Morgan fingerprint density at radius 1 is 1.03 bits per heavy atom. The van der Waals surface area contributed by atoms with Gasteiger partial charge in [0.05, 0.1) is 5.69 Å². The number of anilines is 1. The van der Waals surface area contributed by atoms with Crippen LogP contribution in [0.2, 0.25) is 0 Å². The molecule has 1 aliphatic heterocycles. The predicted molar refractivity (Wildman–Crippen MR) is 151 cm³/mol. The highest BCUT2D eigenvalue weighted by Crippen LogP contribution is 2.42. The lowest BCUT2D eigenvalue weighted by Gasteiger charge is -2.39. The van der Waals surface area contributed by atoms with Gasteiger partial charge in [0.25, 0.3) is 11.8 Å². The number of carbonyl (C=O) groups excluding carboxylic acids is 2. The zero-order valence-electron chi connectivity index (χ0n) is 21.1. The molecule has 1 aliphatic rings. The van der Waals surface area contributed by atoms with Crippen LogP contribution >= 0.6 is 27.0 Å². The van der Waals surface area contributed by atoms with Crippen LogP contribution in [0.1, 0.15) is 65.3 Å². The van der Waals surface area contributed by atoms with Crippen LogP contribution in [0.15, 0.2) is 48.5 Å². The number of rotatable bonds is 7. The van der Waals surface area contributed by atoms with Gasteiger partial charge < -0.3 is 5.32 Å². The molecule has 0 spiro atoms. The number of nitrogens with zero attached hydrogens (tertiary/aromatic N) is 3. The maximum atomic E-state index is 13.9. The van der Waals surface area contributed by atoms with Crippen LogP contribution in [-0.4, -0.2) is 34.2 Å². The fraction of sp³-hybridized carbons (Fsp3) is 0.370. The average molecular weight is 531 g/mol. The minimum absolute atomic E-state index is 0. The zero-order chi connectivity index (χ0) is 24.4. The van der Waals surface area contributed by atoms with E-state index in [1.165, 1.54) is 12.1 Å². The van der Waals surface area contributed by atoms with Gasteiger partial charge in [-0.25, -0.2) is 9.07 Å². The van der Waals surface area contributed by atoms with Crippen LogP contribution in [0.4, 0.5) is 10.2 Å². The van der Waals surface area contributed by atoms with Gasteiger partial charge in [-0.05, 0) is 56.5 Å². The molecular weight excluding hydrogens is 495 g/mol. The zero-order valence-corrected chi connectivity index (χ0v) is 23.1. The first-order valence-corrected chi connectivity index (χ1v) is 11.9. The molecule has 1 N–H and O–H groups in total. The highest BCUT2D eigenvalue weighted by Gasteiger charge is 2.45. The molecule has 6 nitrogen and oxygen atoms in total. The standard InChI is InChI=1S/C27H31FN4O2.2H2S/c1-5-14-31-26-22(18(4)30-32(26)15-6-2)23(19-10-12-21(28)13-11-19)24(27(31)34)29-25(33)20-9-7-8-17(3)16-20;;/h7-13,16,23-24H,5-6,14-15H2,1-4H3,(H,29,33);2*1H2/t23-,24-;;/m0../s1. The van der Waals surface area contributed by atoms with Crippen molar-refractivity contribution in [3.8, 4) is 0 Å². The van der Waals surface area contributed by atoms with Crippen molar-refractivity contribution in [3.63, 3.8) is 0 Å². The summed E-state index contributed by atoms with van der Waals surface area (Å²) >= 11 is 0. The Labute approximate surface area is 226 Å². The molecule has 1 aromatic heterocycles. The Bertz CT molecular complexity index is 1210. The molecule has 0 radical (unpaired) electrons. The van der Waals surface area contributed by atoms with E-state index in [0.29, 0.717) is 18.7 Å². The first kappa shape index (κ1) is 29.5. The van der Waals surface area contributed by atoms with Gasteiger partial charge in [-0.3, -0.25) is 14.5 Å². The molecule has 2 amide bonds. The summed E-state index contributed by atoms with van der Waals surface area (Å²) in [7, 11) is 0. The molecule has 2 atom stereocenters. The van der Waals surface area contributed by atoms with E-state index in [1.54, 1.807) is 29.2 Å². The van der Waals surface area contributed by atoms with Gasteiger partial charge in [0.1, 0.15) is 17.7 Å². The number of nitrogens with one attached hydrogen (secondary N) is 1. The van der Waals surface area contributed by atoms with Crippen LogP contribution in [0.5, 0.6) is 0 Å². The lowest BCUT2D eigenvalue weighted by atomic mass is 9.81. The van der Waals surface area contributed by atoms with E-state index < -0.39 is 12.0 Å². The first-order chi connectivity index (χ1) is 16.3. The largest absolute Gasteiger partial charge is 0.339 e. The maximum absolute atomic E-state index is 13.9. The number of benzene rings is 2. The number of carbonyl (C=O) groups is 2. The quantitative estimate of drug-likeness (QED) is 0.470. The van der Waals surface area contributed by atoms with Crippen LogP contribution in [0.3, 0.4) is 0 Å². The summed E-state index contributed by atoms with van der Waals surface area (Å²) in [4.78, 5) is 28.9. The van der Waals surface area contributed by atoms with Crippen molar-refractivity contribution in [1.82, 2.24) is 15.1 Å². The van der Waals surface area contributed by atoms with Crippen LogP contribution in [0.25, 0.3) is 0 Å². The molecule has 2 aromatic carbocycles. The second kappa shape index (κ2) is 12.5. The SMILES string of the molecule is CCCN1C(=O)[C@@H](NC(=O)c2cccc(C)c2)[C@@H](c2ccc(F)cc2)c2c(C)nn(CCC)c21.S.S. The summed E-state index contributed by atoms with van der Waals surface area (Å²) in [6.45, 7) is 9.15. The third-order valence-corrected chi connectivity index (χ3v) is 6.26. The summed E-state index contributed by atoms with van der Waals surface area (Å²) in [5.41, 5.74) is 3.94. The Morgan fingerprint density at radius 3 is 2.31 bits per heavy atom. The van der Waals surface area contributed by atoms with Gasteiger partial charge in [0.2, 0.25) is 0 Å². The lowest BCUT2D eigenvalue weighted by Crippen LogP contribution is -2.55. The van der Waals surface area contributed by atoms with Crippen LogP contribution in [-0.2, 0) is 11.3 Å². The average Bonchev–Trinajstić information content (AvgIpc) is 3.13. The molecule has 4 rings (SSSR count).